The van der Waals surface area contributed by atoms with E-state index in [2.05, 4.69) is 26.0 Å². The molecule has 2 atom stereocenters. The molecular weight excluding hydrogens is 201 g/mol. The van der Waals surface area contributed by atoms with Gasteiger partial charge in [-0.25, -0.2) is 4.39 Å². The van der Waals surface area contributed by atoms with Crippen molar-refractivity contribution in [3.63, 3.8) is 0 Å². The van der Waals surface area contributed by atoms with E-state index in [1.165, 1.54) is 12.1 Å². The minimum Gasteiger partial charge on any atom is -0.330 e. The fourth-order valence-electron chi connectivity index (χ4n) is 2.41. The molecule has 1 aromatic rings. The maximum Gasteiger partial charge on any atom is 0.123 e. The van der Waals surface area contributed by atoms with E-state index < -0.39 is 0 Å². The Morgan fingerprint density at radius 1 is 1.31 bits per heavy atom. The van der Waals surface area contributed by atoms with Gasteiger partial charge < -0.3 is 5.73 Å². The quantitative estimate of drug-likeness (QED) is 0.830. The number of hydrogen-bond acceptors (Lipinski definition) is 1. The van der Waals surface area contributed by atoms with E-state index in [9.17, 15) is 4.39 Å². The molecule has 2 N–H and O–H groups in total. The van der Waals surface area contributed by atoms with Gasteiger partial charge in [-0.05, 0) is 41.5 Å². The Hall–Kier alpha value is -1.15. The van der Waals surface area contributed by atoms with Gasteiger partial charge in [-0.2, -0.15) is 0 Å². The zero-order chi connectivity index (χ0) is 11.8. The second-order valence-corrected chi connectivity index (χ2v) is 5.10. The number of hydrogen-bond donors (Lipinski definition) is 1. The zero-order valence-electron chi connectivity index (χ0n) is 9.78. The van der Waals surface area contributed by atoms with Crippen LogP contribution >= 0.6 is 0 Å². The topological polar surface area (TPSA) is 26.0 Å². The van der Waals surface area contributed by atoms with Crippen molar-refractivity contribution < 1.29 is 4.39 Å². The van der Waals surface area contributed by atoms with Crippen LogP contribution in [0.15, 0.2) is 30.3 Å². The molecule has 1 nitrogen and oxygen atoms in total. The molecule has 0 aliphatic heterocycles. The highest BCUT2D eigenvalue weighted by molar-refractivity contribution is 5.50. The average molecular weight is 219 g/mol. The van der Waals surface area contributed by atoms with Gasteiger partial charge in [0.2, 0.25) is 0 Å². The first-order valence-electron chi connectivity index (χ1n) is 5.69. The summed E-state index contributed by atoms with van der Waals surface area (Å²) in [6.07, 6.45) is 4.26. The summed E-state index contributed by atoms with van der Waals surface area (Å²) >= 11 is 0. The Morgan fingerprint density at radius 2 is 1.94 bits per heavy atom. The molecule has 1 aliphatic carbocycles. The van der Waals surface area contributed by atoms with Crippen LogP contribution in [-0.4, -0.2) is 6.54 Å². The van der Waals surface area contributed by atoms with Gasteiger partial charge in [0.25, 0.3) is 0 Å². The molecule has 0 heterocycles. The van der Waals surface area contributed by atoms with Gasteiger partial charge in [0.1, 0.15) is 5.82 Å². The van der Waals surface area contributed by atoms with Crippen molar-refractivity contribution in [3.05, 3.63) is 41.7 Å². The van der Waals surface area contributed by atoms with E-state index in [1.807, 2.05) is 0 Å². The highest BCUT2D eigenvalue weighted by atomic mass is 19.1. The minimum atomic E-state index is -0.191. The third-order valence-corrected chi connectivity index (χ3v) is 3.76. The van der Waals surface area contributed by atoms with Crippen LogP contribution in [0.2, 0.25) is 0 Å². The Bertz CT molecular complexity index is 392. The van der Waals surface area contributed by atoms with Crippen molar-refractivity contribution in [2.24, 2.45) is 23.0 Å². The molecule has 2 heteroatoms. The first kappa shape index (κ1) is 11.3. The van der Waals surface area contributed by atoms with E-state index >= 15 is 0 Å². The van der Waals surface area contributed by atoms with Gasteiger partial charge in [0.05, 0.1) is 0 Å². The Labute approximate surface area is 96.2 Å². The second kappa shape index (κ2) is 4.02. The highest BCUT2D eigenvalue weighted by Crippen LogP contribution is 2.58. The number of halogens is 1. The summed E-state index contributed by atoms with van der Waals surface area (Å²) in [5, 5.41) is 0. The van der Waals surface area contributed by atoms with E-state index in [4.69, 9.17) is 5.73 Å². The van der Waals surface area contributed by atoms with Crippen LogP contribution in [0.25, 0.3) is 6.08 Å². The molecule has 1 aliphatic rings. The predicted molar refractivity (Wildman–Crippen MR) is 65.2 cm³/mol. The molecule has 2 unspecified atom stereocenters. The van der Waals surface area contributed by atoms with Crippen molar-refractivity contribution in [1.82, 2.24) is 0 Å². The molecule has 0 bridgehead atoms. The number of nitrogens with two attached hydrogens (primary N) is 1. The molecule has 0 saturated heterocycles. The highest BCUT2D eigenvalue weighted by Gasteiger charge is 2.54. The lowest BCUT2D eigenvalue weighted by Gasteiger charge is -1.97. The third-order valence-electron chi connectivity index (χ3n) is 3.76. The first-order valence-corrected chi connectivity index (χ1v) is 5.69. The molecule has 1 fully saturated rings. The van der Waals surface area contributed by atoms with Crippen molar-refractivity contribution >= 4 is 6.08 Å². The summed E-state index contributed by atoms with van der Waals surface area (Å²) in [5.41, 5.74) is 7.07. The molecule has 0 aromatic heterocycles. The average Bonchev–Trinajstić information content (AvgIpc) is 2.79. The van der Waals surface area contributed by atoms with Gasteiger partial charge in [0.15, 0.2) is 0 Å². The van der Waals surface area contributed by atoms with Gasteiger partial charge in [-0.3, -0.25) is 0 Å². The lowest BCUT2D eigenvalue weighted by molar-refractivity contribution is 0.555. The van der Waals surface area contributed by atoms with E-state index in [0.29, 0.717) is 17.3 Å². The molecule has 2 rings (SSSR count). The smallest absolute Gasteiger partial charge is 0.123 e. The Kier molecular flexibility index (Phi) is 2.85. The maximum absolute atomic E-state index is 12.7. The standard InChI is InChI=1S/C14H18FN/c1-14(2)12(13(14)9-16)8-5-10-3-6-11(15)7-4-10/h3-8,12-13H,9,16H2,1-2H3/b8-5+. The summed E-state index contributed by atoms with van der Waals surface area (Å²) in [5.74, 6) is 0.954. The van der Waals surface area contributed by atoms with Crippen molar-refractivity contribution in [1.29, 1.82) is 0 Å². The van der Waals surface area contributed by atoms with Crippen LogP contribution in [-0.2, 0) is 0 Å². The van der Waals surface area contributed by atoms with Crippen LogP contribution < -0.4 is 5.73 Å². The van der Waals surface area contributed by atoms with Crippen LogP contribution in [0.5, 0.6) is 0 Å². The molecule has 1 saturated carbocycles. The fraction of sp³-hybridized carbons (Fsp3) is 0.429. The zero-order valence-corrected chi connectivity index (χ0v) is 9.78. The lowest BCUT2D eigenvalue weighted by atomic mass is 10.1. The predicted octanol–water partition coefficient (Wildman–Crippen LogP) is 3.07. The van der Waals surface area contributed by atoms with E-state index in [0.717, 1.165) is 12.1 Å². The summed E-state index contributed by atoms with van der Waals surface area (Å²) in [6.45, 7) is 5.22. The SMILES string of the molecule is CC1(C)C(/C=C/c2ccc(F)cc2)C1CN. The van der Waals surface area contributed by atoms with Gasteiger partial charge in [-0.15, -0.1) is 0 Å². The molecule has 1 aromatic carbocycles. The minimum absolute atomic E-state index is 0.191. The Morgan fingerprint density at radius 3 is 2.44 bits per heavy atom. The van der Waals surface area contributed by atoms with Crippen molar-refractivity contribution in [2.45, 2.75) is 13.8 Å². The van der Waals surface area contributed by atoms with Crippen LogP contribution in [0.4, 0.5) is 4.39 Å². The van der Waals surface area contributed by atoms with Gasteiger partial charge >= 0.3 is 0 Å². The molecule has 86 valence electrons. The number of allylic oxidation sites excluding steroid dienone is 1. The maximum atomic E-state index is 12.7. The normalized spacial score (nSPS) is 27.2. The summed E-state index contributed by atoms with van der Waals surface area (Å²) in [6, 6.07) is 6.55. The lowest BCUT2D eigenvalue weighted by Crippen LogP contribution is -2.05. The third kappa shape index (κ3) is 2.03. The second-order valence-electron chi connectivity index (χ2n) is 5.10. The van der Waals surface area contributed by atoms with Gasteiger partial charge in [-0.1, -0.05) is 38.1 Å². The summed E-state index contributed by atoms with van der Waals surface area (Å²) < 4.78 is 12.7. The van der Waals surface area contributed by atoms with Crippen LogP contribution in [0.1, 0.15) is 19.4 Å². The van der Waals surface area contributed by atoms with Gasteiger partial charge in [0, 0.05) is 0 Å². The largest absolute Gasteiger partial charge is 0.330 e. The monoisotopic (exact) mass is 219 g/mol. The van der Waals surface area contributed by atoms with Crippen LogP contribution in [0, 0.1) is 23.1 Å². The van der Waals surface area contributed by atoms with E-state index in [-0.39, 0.29) is 5.82 Å². The molecule has 0 amide bonds. The fourth-order valence-corrected chi connectivity index (χ4v) is 2.41. The van der Waals surface area contributed by atoms with Crippen molar-refractivity contribution in [2.75, 3.05) is 6.54 Å². The van der Waals surface area contributed by atoms with Crippen molar-refractivity contribution in [3.8, 4) is 0 Å². The first-order chi connectivity index (χ1) is 7.55. The van der Waals surface area contributed by atoms with E-state index in [1.54, 1.807) is 12.1 Å². The molecule has 0 spiro atoms. The summed E-state index contributed by atoms with van der Waals surface area (Å²) in [7, 11) is 0. The number of rotatable bonds is 3. The number of benzene rings is 1. The molecule has 16 heavy (non-hydrogen) atoms. The Balaban J connectivity index is 2.03. The summed E-state index contributed by atoms with van der Waals surface area (Å²) in [4.78, 5) is 0. The molecule has 0 radical (unpaired) electrons. The molecular formula is C14H18FN. The van der Waals surface area contributed by atoms with Crippen LogP contribution in [0.3, 0.4) is 0 Å².